The summed E-state index contributed by atoms with van der Waals surface area (Å²) in [5.74, 6) is -1.90. The highest BCUT2D eigenvalue weighted by Crippen LogP contribution is 2.20. The molecule has 0 fully saturated rings. The Bertz CT molecular complexity index is 638. The van der Waals surface area contributed by atoms with Crippen LogP contribution in [0.25, 0.3) is 0 Å². The van der Waals surface area contributed by atoms with Crippen LogP contribution in [0.2, 0.25) is 0 Å². The van der Waals surface area contributed by atoms with Crippen molar-refractivity contribution in [3.05, 3.63) is 65.0 Å². The summed E-state index contributed by atoms with van der Waals surface area (Å²) in [6.45, 7) is 5.04. The lowest BCUT2D eigenvalue weighted by atomic mass is 10.1. The van der Waals surface area contributed by atoms with Crippen LogP contribution in [-0.4, -0.2) is 17.6 Å². The van der Waals surface area contributed by atoms with Gasteiger partial charge in [0, 0.05) is 24.3 Å². The number of hydrogen-bond acceptors (Lipinski definition) is 2. The van der Waals surface area contributed by atoms with Crippen molar-refractivity contribution >= 4 is 11.7 Å². The van der Waals surface area contributed by atoms with Crippen LogP contribution in [0.4, 0.5) is 10.1 Å². The van der Waals surface area contributed by atoms with E-state index in [0.717, 1.165) is 11.3 Å². The number of anilines is 1. The Balaban J connectivity index is 2.29. The zero-order valence-corrected chi connectivity index (χ0v) is 12.1. The summed E-state index contributed by atoms with van der Waals surface area (Å²) >= 11 is 0. The first-order chi connectivity index (χ1) is 10.0. The maximum atomic E-state index is 14.2. The van der Waals surface area contributed by atoms with Crippen LogP contribution < -0.4 is 4.90 Å². The number of benzene rings is 2. The number of hydrogen-bond donors (Lipinski definition) is 1. The van der Waals surface area contributed by atoms with Crippen LogP contribution >= 0.6 is 0 Å². The topological polar surface area (TPSA) is 40.5 Å². The van der Waals surface area contributed by atoms with Crippen LogP contribution in [0.1, 0.15) is 28.4 Å². The smallest absolute Gasteiger partial charge is 0.338 e. The minimum atomic E-state index is -1.24. The Hall–Kier alpha value is -2.36. The van der Waals surface area contributed by atoms with Crippen LogP contribution in [0.5, 0.6) is 0 Å². The molecular formula is C17H18FNO2. The van der Waals surface area contributed by atoms with Gasteiger partial charge in [0.05, 0.1) is 5.56 Å². The Labute approximate surface area is 123 Å². The van der Waals surface area contributed by atoms with Gasteiger partial charge in [0.2, 0.25) is 0 Å². The number of rotatable bonds is 5. The molecule has 0 amide bonds. The molecule has 0 saturated carbocycles. The summed E-state index contributed by atoms with van der Waals surface area (Å²) < 4.78 is 14.2. The molecule has 0 aliphatic heterocycles. The van der Waals surface area contributed by atoms with Crippen LogP contribution in [0.3, 0.4) is 0 Å². The Morgan fingerprint density at radius 2 is 1.86 bits per heavy atom. The fourth-order valence-electron chi connectivity index (χ4n) is 2.21. The third-order valence-corrected chi connectivity index (χ3v) is 3.45. The van der Waals surface area contributed by atoms with E-state index < -0.39 is 11.8 Å². The molecule has 0 saturated heterocycles. The zero-order chi connectivity index (χ0) is 15.4. The average Bonchev–Trinajstić information content (AvgIpc) is 2.47. The van der Waals surface area contributed by atoms with Crippen molar-refractivity contribution in [2.45, 2.75) is 20.4 Å². The van der Waals surface area contributed by atoms with Crippen molar-refractivity contribution in [2.24, 2.45) is 0 Å². The number of carboxylic acid groups (broad SMARTS) is 1. The lowest BCUT2D eigenvalue weighted by molar-refractivity contribution is 0.0691. The number of aryl methyl sites for hydroxylation is 1. The van der Waals surface area contributed by atoms with Gasteiger partial charge in [-0.3, -0.25) is 0 Å². The number of carbonyl (C=O) groups is 1. The van der Waals surface area contributed by atoms with Gasteiger partial charge in [0.15, 0.2) is 0 Å². The average molecular weight is 287 g/mol. The van der Waals surface area contributed by atoms with Crippen molar-refractivity contribution in [1.82, 2.24) is 0 Å². The SMILES string of the molecule is CCN(Cc1cccc(C(=O)O)c1F)c1ccc(C)cc1. The number of aromatic carboxylic acids is 1. The minimum absolute atomic E-state index is 0.285. The summed E-state index contributed by atoms with van der Waals surface area (Å²) in [5, 5.41) is 8.98. The fraction of sp³-hybridized carbons (Fsp3) is 0.235. The largest absolute Gasteiger partial charge is 0.478 e. The highest BCUT2D eigenvalue weighted by atomic mass is 19.1. The molecule has 0 spiro atoms. The molecule has 21 heavy (non-hydrogen) atoms. The first-order valence-corrected chi connectivity index (χ1v) is 6.85. The van der Waals surface area contributed by atoms with E-state index in [4.69, 9.17) is 5.11 Å². The summed E-state index contributed by atoms with van der Waals surface area (Å²) in [6, 6.07) is 12.5. The molecule has 0 radical (unpaired) electrons. The molecule has 110 valence electrons. The predicted octanol–water partition coefficient (Wildman–Crippen LogP) is 3.86. The first-order valence-electron chi connectivity index (χ1n) is 6.85. The summed E-state index contributed by atoms with van der Waals surface area (Å²) in [5.41, 5.74) is 2.25. The van der Waals surface area contributed by atoms with E-state index in [1.807, 2.05) is 43.0 Å². The van der Waals surface area contributed by atoms with Gasteiger partial charge in [0.25, 0.3) is 0 Å². The summed E-state index contributed by atoms with van der Waals surface area (Å²) in [4.78, 5) is 13.0. The molecule has 0 heterocycles. The van der Waals surface area contributed by atoms with Gasteiger partial charge in [-0.1, -0.05) is 29.8 Å². The molecule has 0 atom stereocenters. The van der Waals surface area contributed by atoms with Gasteiger partial charge in [-0.15, -0.1) is 0 Å². The Morgan fingerprint density at radius 1 is 1.19 bits per heavy atom. The number of nitrogens with zero attached hydrogens (tertiary/aromatic N) is 1. The molecule has 2 aromatic carbocycles. The van der Waals surface area contributed by atoms with Crippen LogP contribution in [0, 0.1) is 12.7 Å². The second-order valence-electron chi connectivity index (χ2n) is 4.93. The maximum Gasteiger partial charge on any atom is 0.338 e. The van der Waals surface area contributed by atoms with E-state index in [-0.39, 0.29) is 5.56 Å². The summed E-state index contributed by atoms with van der Waals surface area (Å²) in [7, 11) is 0. The molecule has 0 aliphatic carbocycles. The monoisotopic (exact) mass is 287 g/mol. The van der Waals surface area contributed by atoms with Gasteiger partial charge in [-0.05, 0) is 32.0 Å². The molecule has 2 aromatic rings. The minimum Gasteiger partial charge on any atom is -0.478 e. The van der Waals surface area contributed by atoms with E-state index in [9.17, 15) is 9.18 Å². The molecule has 0 aromatic heterocycles. The van der Waals surface area contributed by atoms with Crippen molar-refractivity contribution < 1.29 is 14.3 Å². The first kappa shape index (κ1) is 15.0. The molecule has 0 unspecified atom stereocenters. The van der Waals surface area contributed by atoms with E-state index in [0.29, 0.717) is 18.7 Å². The molecule has 1 N–H and O–H groups in total. The quantitative estimate of drug-likeness (QED) is 0.907. The van der Waals surface area contributed by atoms with Gasteiger partial charge in [-0.2, -0.15) is 0 Å². The summed E-state index contributed by atoms with van der Waals surface area (Å²) in [6.07, 6.45) is 0. The van der Waals surface area contributed by atoms with E-state index in [1.54, 1.807) is 12.1 Å². The van der Waals surface area contributed by atoms with E-state index >= 15 is 0 Å². The normalized spacial score (nSPS) is 10.4. The highest BCUT2D eigenvalue weighted by molar-refractivity contribution is 5.88. The molecular weight excluding hydrogens is 269 g/mol. The van der Waals surface area contributed by atoms with Crippen molar-refractivity contribution in [2.75, 3.05) is 11.4 Å². The van der Waals surface area contributed by atoms with Gasteiger partial charge < -0.3 is 10.0 Å². The highest BCUT2D eigenvalue weighted by Gasteiger charge is 2.15. The van der Waals surface area contributed by atoms with Gasteiger partial charge in [0.1, 0.15) is 5.82 Å². The van der Waals surface area contributed by atoms with Gasteiger partial charge >= 0.3 is 5.97 Å². The standard InChI is InChI=1S/C17H18FNO2/c1-3-19(14-9-7-12(2)8-10-14)11-13-5-4-6-15(16(13)18)17(20)21/h4-10H,3,11H2,1-2H3,(H,20,21). The molecule has 2 rings (SSSR count). The molecule has 0 aliphatic rings. The number of carboxylic acids is 1. The van der Waals surface area contributed by atoms with E-state index in [2.05, 4.69) is 0 Å². The Morgan fingerprint density at radius 3 is 2.43 bits per heavy atom. The van der Waals surface area contributed by atoms with Crippen molar-refractivity contribution in [3.63, 3.8) is 0 Å². The lowest BCUT2D eigenvalue weighted by Crippen LogP contribution is -2.23. The molecule has 3 nitrogen and oxygen atoms in total. The zero-order valence-electron chi connectivity index (χ0n) is 12.1. The number of halogens is 1. The predicted molar refractivity (Wildman–Crippen MR) is 81.3 cm³/mol. The fourth-order valence-corrected chi connectivity index (χ4v) is 2.21. The second kappa shape index (κ2) is 6.39. The third kappa shape index (κ3) is 3.40. The Kier molecular flexibility index (Phi) is 4.58. The van der Waals surface area contributed by atoms with Crippen molar-refractivity contribution in [3.8, 4) is 0 Å². The van der Waals surface area contributed by atoms with Crippen LogP contribution in [-0.2, 0) is 6.54 Å². The molecule has 4 heteroatoms. The lowest BCUT2D eigenvalue weighted by Gasteiger charge is -2.24. The second-order valence-corrected chi connectivity index (χ2v) is 4.93. The van der Waals surface area contributed by atoms with Crippen LogP contribution in [0.15, 0.2) is 42.5 Å². The van der Waals surface area contributed by atoms with E-state index in [1.165, 1.54) is 6.07 Å². The third-order valence-electron chi connectivity index (χ3n) is 3.45. The van der Waals surface area contributed by atoms with Crippen molar-refractivity contribution in [1.29, 1.82) is 0 Å². The molecule has 0 bridgehead atoms. The van der Waals surface area contributed by atoms with Gasteiger partial charge in [-0.25, -0.2) is 9.18 Å². The maximum absolute atomic E-state index is 14.2.